The maximum absolute atomic E-state index is 11.1. The lowest BCUT2D eigenvalue weighted by Crippen LogP contribution is -2.43. The zero-order chi connectivity index (χ0) is 9.40. The summed E-state index contributed by atoms with van der Waals surface area (Å²) in [5, 5.41) is 2.72. The number of nitrogens with two attached hydrogens (primary N) is 1. The molecule has 0 saturated heterocycles. The SMILES string of the molecule is CCCCNC(=O)C(N)COC. The normalized spacial score (nSPS) is 12.6. The van der Waals surface area contributed by atoms with E-state index in [0.717, 1.165) is 12.8 Å². The van der Waals surface area contributed by atoms with E-state index in [1.165, 1.54) is 7.11 Å². The van der Waals surface area contributed by atoms with Crippen LogP contribution in [0.3, 0.4) is 0 Å². The van der Waals surface area contributed by atoms with Gasteiger partial charge in [-0.2, -0.15) is 0 Å². The number of amides is 1. The topological polar surface area (TPSA) is 64.4 Å². The van der Waals surface area contributed by atoms with Crippen LogP contribution in [0.4, 0.5) is 0 Å². The van der Waals surface area contributed by atoms with Crippen molar-refractivity contribution < 1.29 is 9.53 Å². The lowest BCUT2D eigenvalue weighted by atomic mass is 10.3. The summed E-state index contributed by atoms with van der Waals surface area (Å²) in [5.41, 5.74) is 5.47. The van der Waals surface area contributed by atoms with E-state index >= 15 is 0 Å². The summed E-state index contributed by atoms with van der Waals surface area (Å²) < 4.78 is 4.75. The van der Waals surface area contributed by atoms with Gasteiger partial charge >= 0.3 is 0 Å². The monoisotopic (exact) mass is 174 g/mol. The molecule has 1 unspecified atom stereocenters. The van der Waals surface area contributed by atoms with Crippen LogP contribution in [0.15, 0.2) is 0 Å². The second kappa shape index (κ2) is 7.06. The van der Waals surface area contributed by atoms with Crippen molar-refractivity contribution in [2.75, 3.05) is 20.3 Å². The first-order valence-corrected chi connectivity index (χ1v) is 4.24. The second-order valence-electron chi connectivity index (χ2n) is 2.71. The first-order chi connectivity index (χ1) is 5.72. The molecule has 0 rings (SSSR count). The molecule has 4 heteroatoms. The van der Waals surface area contributed by atoms with E-state index in [1.807, 2.05) is 0 Å². The van der Waals surface area contributed by atoms with Crippen molar-refractivity contribution in [3.8, 4) is 0 Å². The summed E-state index contributed by atoms with van der Waals surface area (Å²) in [7, 11) is 1.53. The smallest absolute Gasteiger partial charge is 0.239 e. The van der Waals surface area contributed by atoms with Gasteiger partial charge in [0.2, 0.25) is 5.91 Å². The summed E-state index contributed by atoms with van der Waals surface area (Å²) in [4.78, 5) is 11.1. The standard InChI is InChI=1S/C8H18N2O2/c1-3-4-5-10-8(11)7(9)6-12-2/h7H,3-6,9H2,1-2H3,(H,10,11). The van der Waals surface area contributed by atoms with Crippen molar-refractivity contribution in [1.29, 1.82) is 0 Å². The largest absolute Gasteiger partial charge is 0.383 e. The maximum atomic E-state index is 11.1. The lowest BCUT2D eigenvalue weighted by Gasteiger charge is -2.10. The molecule has 0 saturated carbocycles. The zero-order valence-electron chi connectivity index (χ0n) is 7.80. The van der Waals surface area contributed by atoms with Gasteiger partial charge in [-0.05, 0) is 6.42 Å². The van der Waals surface area contributed by atoms with E-state index in [4.69, 9.17) is 10.5 Å². The number of hydrogen-bond donors (Lipinski definition) is 2. The summed E-state index contributed by atoms with van der Waals surface area (Å²) in [6.45, 7) is 3.05. The van der Waals surface area contributed by atoms with Gasteiger partial charge in [-0.3, -0.25) is 4.79 Å². The summed E-state index contributed by atoms with van der Waals surface area (Å²) in [6.07, 6.45) is 2.06. The number of carbonyl (C=O) groups is 1. The van der Waals surface area contributed by atoms with Crippen molar-refractivity contribution in [3.05, 3.63) is 0 Å². The van der Waals surface area contributed by atoms with Crippen molar-refractivity contribution in [2.24, 2.45) is 5.73 Å². The van der Waals surface area contributed by atoms with E-state index in [0.29, 0.717) is 6.54 Å². The average Bonchev–Trinajstić information content (AvgIpc) is 2.05. The number of methoxy groups -OCH3 is 1. The highest BCUT2D eigenvalue weighted by Gasteiger charge is 2.11. The fourth-order valence-electron chi connectivity index (χ4n) is 0.775. The third-order valence-electron chi connectivity index (χ3n) is 1.51. The van der Waals surface area contributed by atoms with Crippen molar-refractivity contribution in [3.63, 3.8) is 0 Å². The van der Waals surface area contributed by atoms with E-state index in [-0.39, 0.29) is 12.5 Å². The van der Waals surface area contributed by atoms with Crippen LogP contribution in [0.25, 0.3) is 0 Å². The van der Waals surface area contributed by atoms with E-state index in [9.17, 15) is 4.79 Å². The third-order valence-corrected chi connectivity index (χ3v) is 1.51. The molecule has 0 bridgehead atoms. The van der Waals surface area contributed by atoms with Gasteiger partial charge < -0.3 is 15.8 Å². The van der Waals surface area contributed by atoms with Gasteiger partial charge in [0.25, 0.3) is 0 Å². The van der Waals surface area contributed by atoms with Gasteiger partial charge in [0.1, 0.15) is 6.04 Å². The molecule has 72 valence electrons. The zero-order valence-corrected chi connectivity index (χ0v) is 7.80. The molecule has 0 aliphatic carbocycles. The Morgan fingerprint density at radius 1 is 1.67 bits per heavy atom. The van der Waals surface area contributed by atoms with Gasteiger partial charge in [-0.1, -0.05) is 13.3 Å². The van der Waals surface area contributed by atoms with Crippen molar-refractivity contribution in [1.82, 2.24) is 5.32 Å². The molecular formula is C8H18N2O2. The van der Waals surface area contributed by atoms with Crippen LogP contribution in [0.2, 0.25) is 0 Å². The quantitative estimate of drug-likeness (QED) is 0.552. The Balaban J connectivity index is 3.43. The summed E-state index contributed by atoms with van der Waals surface area (Å²) in [5.74, 6) is -0.134. The Bertz CT molecular complexity index is 128. The van der Waals surface area contributed by atoms with Gasteiger partial charge in [0.15, 0.2) is 0 Å². The molecule has 1 atom stereocenters. The molecule has 0 heterocycles. The summed E-state index contributed by atoms with van der Waals surface area (Å²) in [6, 6.07) is -0.535. The molecule has 4 nitrogen and oxygen atoms in total. The van der Waals surface area contributed by atoms with E-state index in [1.54, 1.807) is 0 Å². The molecule has 0 radical (unpaired) electrons. The highest BCUT2D eigenvalue weighted by molar-refractivity contribution is 5.81. The van der Waals surface area contributed by atoms with Crippen LogP contribution in [0.5, 0.6) is 0 Å². The Kier molecular flexibility index (Phi) is 6.70. The number of ether oxygens (including phenoxy) is 1. The minimum atomic E-state index is -0.535. The fraction of sp³-hybridized carbons (Fsp3) is 0.875. The van der Waals surface area contributed by atoms with Gasteiger partial charge in [0.05, 0.1) is 6.61 Å². The fourth-order valence-corrected chi connectivity index (χ4v) is 0.775. The van der Waals surface area contributed by atoms with Crippen LogP contribution in [-0.4, -0.2) is 32.2 Å². The van der Waals surface area contributed by atoms with Crippen molar-refractivity contribution >= 4 is 5.91 Å². The molecule has 0 spiro atoms. The molecule has 0 aromatic heterocycles. The highest BCUT2D eigenvalue weighted by Crippen LogP contribution is 1.84. The first kappa shape index (κ1) is 11.4. The predicted octanol–water partition coefficient (Wildman–Crippen LogP) is -0.124. The second-order valence-corrected chi connectivity index (χ2v) is 2.71. The first-order valence-electron chi connectivity index (χ1n) is 4.24. The highest BCUT2D eigenvalue weighted by atomic mass is 16.5. The summed E-state index contributed by atoms with van der Waals surface area (Å²) >= 11 is 0. The number of nitrogens with one attached hydrogen (secondary N) is 1. The Hall–Kier alpha value is -0.610. The molecule has 1 amide bonds. The average molecular weight is 174 g/mol. The molecule has 0 aliphatic rings. The van der Waals surface area contributed by atoms with E-state index < -0.39 is 6.04 Å². The Labute approximate surface area is 73.5 Å². The van der Waals surface area contributed by atoms with Crippen LogP contribution < -0.4 is 11.1 Å². The van der Waals surface area contributed by atoms with Crippen molar-refractivity contribution in [2.45, 2.75) is 25.8 Å². The van der Waals surface area contributed by atoms with Gasteiger partial charge in [-0.15, -0.1) is 0 Å². The minimum absolute atomic E-state index is 0.134. The molecule has 3 N–H and O–H groups in total. The van der Waals surface area contributed by atoms with E-state index in [2.05, 4.69) is 12.2 Å². The minimum Gasteiger partial charge on any atom is -0.383 e. The molecule has 0 aliphatic heterocycles. The number of hydrogen-bond acceptors (Lipinski definition) is 3. The molecule has 0 fully saturated rings. The Morgan fingerprint density at radius 2 is 2.33 bits per heavy atom. The van der Waals surface area contributed by atoms with Crippen LogP contribution in [-0.2, 0) is 9.53 Å². The van der Waals surface area contributed by atoms with Crippen LogP contribution in [0.1, 0.15) is 19.8 Å². The molecule has 12 heavy (non-hydrogen) atoms. The molecule has 0 aromatic rings. The van der Waals surface area contributed by atoms with Gasteiger partial charge in [0, 0.05) is 13.7 Å². The maximum Gasteiger partial charge on any atom is 0.239 e. The number of unbranched alkanes of at least 4 members (excludes halogenated alkanes) is 1. The Morgan fingerprint density at radius 3 is 2.83 bits per heavy atom. The van der Waals surface area contributed by atoms with Crippen LogP contribution >= 0.6 is 0 Å². The lowest BCUT2D eigenvalue weighted by molar-refractivity contribution is -0.123. The molecule has 0 aromatic carbocycles. The number of rotatable bonds is 6. The number of carbonyl (C=O) groups excluding carboxylic acids is 1. The molecular weight excluding hydrogens is 156 g/mol. The van der Waals surface area contributed by atoms with Gasteiger partial charge in [-0.25, -0.2) is 0 Å². The van der Waals surface area contributed by atoms with Crippen LogP contribution in [0, 0.1) is 0 Å². The predicted molar refractivity (Wildman–Crippen MR) is 47.8 cm³/mol. The third kappa shape index (κ3) is 5.09.